The molecule has 4 rings (SSSR count). The van der Waals surface area contributed by atoms with Crippen LogP contribution < -0.4 is 5.32 Å². The van der Waals surface area contributed by atoms with Gasteiger partial charge in [0.25, 0.3) is 11.8 Å². The van der Waals surface area contributed by atoms with Crippen molar-refractivity contribution in [1.29, 1.82) is 0 Å². The van der Waals surface area contributed by atoms with Crippen LogP contribution in [-0.4, -0.2) is 40.9 Å². The second-order valence-electron chi connectivity index (χ2n) is 7.71. The molecule has 2 amide bonds. The second-order valence-corrected chi connectivity index (χ2v) is 8.67. The molecule has 0 spiro atoms. The third kappa shape index (κ3) is 3.81. The fourth-order valence-electron chi connectivity index (χ4n) is 4.20. The first-order valence-electron chi connectivity index (χ1n) is 9.91. The van der Waals surface area contributed by atoms with Crippen LogP contribution in [0.25, 0.3) is 0 Å². The molecule has 1 aliphatic carbocycles. The first kappa shape index (κ1) is 18.3. The van der Waals surface area contributed by atoms with E-state index in [4.69, 9.17) is 0 Å². The molecule has 1 N–H and O–H groups in total. The molecule has 2 aliphatic rings. The van der Waals surface area contributed by atoms with Crippen LogP contribution in [0, 0.1) is 5.92 Å². The third-order valence-corrected chi connectivity index (χ3v) is 7.01. The molecule has 0 radical (unpaired) electrons. The number of rotatable bonds is 4. The Bertz CT molecular complexity index is 830. The standard InChI is InChI=1S/C21H27N3O2S/c1-23-10-4-6-18(23)21(26)24-11-8-15(9-12-24)13-22-20(25)17-14-27-19-7-3-2-5-16(17)19/h4,6,10,14-15H,2-3,5,7-9,11-13H2,1H3,(H,22,25). The minimum atomic E-state index is 0.0803. The van der Waals surface area contributed by atoms with E-state index in [0.717, 1.165) is 50.0 Å². The summed E-state index contributed by atoms with van der Waals surface area (Å²) < 4.78 is 1.87. The molecule has 0 saturated carbocycles. The van der Waals surface area contributed by atoms with Gasteiger partial charge in [0.05, 0.1) is 5.56 Å². The molecule has 0 atom stereocenters. The highest BCUT2D eigenvalue weighted by Crippen LogP contribution is 2.30. The summed E-state index contributed by atoms with van der Waals surface area (Å²) in [5.74, 6) is 0.632. The van der Waals surface area contributed by atoms with E-state index in [-0.39, 0.29) is 11.8 Å². The number of hydrogen-bond donors (Lipinski definition) is 1. The number of amides is 2. The summed E-state index contributed by atoms with van der Waals surface area (Å²) in [6, 6.07) is 3.77. The van der Waals surface area contributed by atoms with Crippen molar-refractivity contribution in [3.63, 3.8) is 0 Å². The number of carbonyl (C=O) groups excluding carboxylic acids is 2. The highest BCUT2D eigenvalue weighted by molar-refractivity contribution is 7.10. The van der Waals surface area contributed by atoms with Gasteiger partial charge in [-0.05, 0) is 62.1 Å². The van der Waals surface area contributed by atoms with E-state index in [0.29, 0.717) is 12.5 Å². The zero-order valence-electron chi connectivity index (χ0n) is 15.9. The Morgan fingerprint density at radius 1 is 1.22 bits per heavy atom. The lowest BCUT2D eigenvalue weighted by molar-refractivity contribution is 0.0675. The molecule has 3 heterocycles. The molecular formula is C21H27N3O2S. The number of thiophene rings is 1. The first-order chi connectivity index (χ1) is 13.1. The zero-order chi connectivity index (χ0) is 18.8. The number of hydrogen-bond acceptors (Lipinski definition) is 3. The maximum Gasteiger partial charge on any atom is 0.270 e. The van der Waals surface area contributed by atoms with Crippen molar-refractivity contribution < 1.29 is 9.59 Å². The number of piperidine rings is 1. The molecule has 2 aromatic rings. The Kier molecular flexibility index (Phi) is 5.34. The van der Waals surface area contributed by atoms with Crippen LogP contribution in [-0.2, 0) is 19.9 Å². The Morgan fingerprint density at radius 2 is 2.00 bits per heavy atom. The number of nitrogens with one attached hydrogen (secondary N) is 1. The molecule has 144 valence electrons. The molecular weight excluding hydrogens is 358 g/mol. The molecule has 1 saturated heterocycles. The Hall–Kier alpha value is -2.08. The van der Waals surface area contributed by atoms with Crippen LogP contribution in [0.5, 0.6) is 0 Å². The first-order valence-corrected chi connectivity index (χ1v) is 10.8. The van der Waals surface area contributed by atoms with E-state index >= 15 is 0 Å². The molecule has 0 aromatic carbocycles. The summed E-state index contributed by atoms with van der Waals surface area (Å²) in [6.07, 6.45) is 8.39. The SMILES string of the molecule is Cn1cccc1C(=O)N1CCC(CNC(=O)c2csc3c2CCCC3)CC1. The van der Waals surface area contributed by atoms with Crippen LogP contribution in [0.15, 0.2) is 23.7 Å². The van der Waals surface area contributed by atoms with Gasteiger partial charge in [0.2, 0.25) is 0 Å². The van der Waals surface area contributed by atoms with Gasteiger partial charge in [-0.25, -0.2) is 0 Å². The van der Waals surface area contributed by atoms with Crippen molar-refractivity contribution in [3.8, 4) is 0 Å². The van der Waals surface area contributed by atoms with Gasteiger partial charge in [-0.2, -0.15) is 0 Å². The van der Waals surface area contributed by atoms with Crippen LogP contribution in [0.1, 0.15) is 57.0 Å². The van der Waals surface area contributed by atoms with Gasteiger partial charge in [-0.15, -0.1) is 11.3 Å². The van der Waals surface area contributed by atoms with Gasteiger partial charge >= 0.3 is 0 Å². The summed E-state index contributed by atoms with van der Waals surface area (Å²) in [7, 11) is 1.90. The monoisotopic (exact) mass is 385 g/mol. The summed E-state index contributed by atoms with van der Waals surface area (Å²) in [5.41, 5.74) is 2.92. The highest BCUT2D eigenvalue weighted by Gasteiger charge is 2.26. The minimum Gasteiger partial charge on any atom is -0.352 e. The maximum absolute atomic E-state index is 12.6. The summed E-state index contributed by atoms with van der Waals surface area (Å²) in [6.45, 7) is 2.23. The van der Waals surface area contributed by atoms with Gasteiger partial charge in [0.1, 0.15) is 5.69 Å². The third-order valence-electron chi connectivity index (χ3n) is 5.92. The van der Waals surface area contributed by atoms with Gasteiger partial charge in [-0.1, -0.05) is 0 Å². The average molecular weight is 386 g/mol. The van der Waals surface area contributed by atoms with Crippen LogP contribution >= 0.6 is 11.3 Å². The van der Waals surface area contributed by atoms with E-state index < -0.39 is 0 Å². The Balaban J connectivity index is 1.27. The molecule has 0 bridgehead atoms. The minimum absolute atomic E-state index is 0.0803. The van der Waals surface area contributed by atoms with E-state index in [1.807, 2.05) is 40.2 Å². The molecule has 2 aromatic heterocycles. The largest absolute Gasteiger partial charge is 0.352 e. The molecule has 6 heteroatoms. The predicted octanol–water partition coefficient (Wildman–Crippen LogP) is 3.25. The predicted molar refractivity (Wildman–Crippen MR) is 107 cm³/mol. The van der Waals surface area contributed by atoms with Gasteiger partial charge in [0.15, 0.2) is 0 Å². The van der Waals surface area contributed by atoms with E-state index in [1.165, 1.54) is 23.3 Å². The lowest BCUT2D eigenvalue weighted by Crippen LogP contribution is -2.42. The topological polar surface area (TPSA) is 54.3 Å². The highest BCUT2D eigenvalue weighted by atomic mass is 32.1. The lowest BCUT2D eigenvalue weighted by atomic mass is 9.94. The summed E-state index contributed by atoms with van der Waals surface area (Å²) >= 11 is 1.74. The van der Waals surface area contributed by atoms with Crippen LogP contribution in [0.4, 0.5) is 0 Å². The number of carbonyl (C=O) groups is 2. The van der Waals surface area contributed by atoms with Crippen molar-refractivity contribution in [1.82, 2.24) is 14.8 Å². The average Bonchev–Trinajstić information content (AvgIpc) is 3.32. The maximum atomic E-state index is 12.6. The molecule has 0 unspecified atom stereocenters. The van der Waals surface area contributed by atoms with Gasteiger partial charge < -0.3 is 14.8 Å². The number of aryl methyl sites for hydroxylation is 2. The van der Waals surface area contributed by atoms with E-state index in [2.05, 4.69) is 5.32 Å². The van der Waals surface area contributed by atoms with Gasteiger partial charge in [-0.3, -0.25) is 9.59 Å². The van der Waals surface area contributed by atoms with E-state index in [9.17, 15) is 9.59 Å². The Labute approximate surface area is 164 Å². The molecule has 1 aliphatic heterocycles. The smallest absolute Gasteiger partial charge is 0.270 e. The molecule has 27 heavy (non-hydrogen) atoms. The number of likely N-dealkylation sites (tertiary alicyclic amines) is 1. The molecule has 1 fully saturated rings. The number of aromatic nitrogens is 1. The zero-order valence-corrected chi connectivity index (χ0v) is 16.7. The Morgan fingerprint density at radius 3 is 2.74 bits per heavy atom. The number of nitrogens with zero attached hydrogens (tertiary/aromatic N) is 2. The van der Waals surface area contributed by atoms with Gasteiger partial charge in [0, 0.05) is 43.1 Å². The normalized spacial score (nSPS) is 17.6. The van der Waals surface area contributed by atoms with Crippen molar-refractivity contribution >= 4 is 23.2 Å². The second kappa shape index (κ2) is 7.89. The van der Waals surface area contributed by atoms with Crippen LogP contribution in [0.3, 0.4) is 0 Å². The summed E-state index contributed by atoms with van der Waals surface area (Å²) in [4.78, 5) is 28.5. The number of fused-ring (bicyclic) bond motifs is 1. The molecule has 5 nitrogen and oxygen atoms in total. The van der Waals surface area contributed by atoms with Crippen molar-refractivity contribution in [3.05, 3.63) is 45.4 Å². The lowest BCUT2D eigenvalue weighted by Gasteiger charge is -2.32. The van der Waals surface area contributed by atoms with Crippen molar-refractivity contribution in [2.24, 2.45) is 13.0 Å². The van der Waals surface area contributed by atoms with Crippen LogP contribution in [0.2, 0.25) is 0 Å². The van der Waals surface area contributed by atoms with Crippen molar-refractivity contribution in [2.45, 2.75) is 38.5 Å². The summed E-state index contributed by atoms with van der Waals surface area (Å²) in [5, 5.41) is 5.18. The fraction of sp³-hybridized carbons (Fsp3) is 0.524. The van der Waals surface area contributed by atoms with E-state index in [1.54, 1.807) is 11.3 Å². The quantitative estimate of drug-likeness (QED) is 0.878. The fourth-order valence-corrected chi connectivity index (χ4v) is 5.33. The van der Waals surface area contributed by atoms with Crippen molar-refractivity contribution in [2.75, 3.05) is 19.6 Å².